The van der Waals surface area contributed by atoms with Gasteiger partial charge in [0.25, 0.3) is 0 Å². The Morgan fingerprint density at radius 1 is 1.20 bits per heavy atom. The lowest BCUT2D eigenvalue weighted by Crippen LogP contribution is -2.45. The van der Waals surface area contributed by atoms with Gasteiger partial charge in [0.05, 0.1) is 6.10 Å². The third-order valence-electron chi connectivity index (χ3n) is 4.49. The fraction of sp³-hybridized carbons (Fsp3) is 0.400. The lowest BCUT2D eigenvalue weighted by Gasteiger charge is -2.30. The van der Waals surface area contributed by atoms with Crippen molar-refractivity contribution in [3.05, 3.63) is 64.2 Å². The van der Waals surface area contributed by atoms with E-state index in [4.69, 9.17) is 16.3 Å². The number of aliphatic hydroxyl groups excluding tert-OH is 1. The van der Waals surface area contributed by atoms with Crippen LogP contribution in [0, 0.1) is 6.92 Å². The molecule has 0 aliphatic carbocycles. The van der Waals surface area contributed by atoms with Crippen molar-refractivity contribution in [2.45, 2.75) is 19.6 Å². The van der Waals surface area contributed by atoms with E-state index in [2.05, 4.69) is 10.2 Å². The fourth-order valence-corrected chi connectivity index (χ4v) is 3.45. The van der Waals surface area contributed by atoms with E-state index in [0.717, 1.165) is 48.6 Å². The maximum atomic E-state index is 10.8. The van der Waals surface area contributed by atoms with E-state index >= 15 is 0 Å². The van der Waals surface area contributed by atoms with Gasteiger partial charge in [-0.2, -0.15) is 0 Å². The molecular formula is C20H25ClN2O2. The van der Waals surface area contributed by atoms with E-state index in [9.17, 15) is 5.11 Å². The van der Waals surface area contributed by atoms with Gasteiger partial charge in [0.1, 0.15) is 12.4 Å². The molecule has 0 spiro atoms. The number of rotatable bonds is 6. The summed E-state index contributed by atoms with van der Waals surface area (Å²) in [4.78, 5) is 2.26. The summed E-state index contributed by atoms with van der Waals surface area (Å²) in [6.45, 7) is 6.82. The molecule has 134 valence electrons. The van der Waals surface area contributed by atoms with Crippen molar-refractivity contribution >= 4 is 11.6 Å². The summed E-state index contributed by atoms with van der Waals surface area (Å²) in [6.07, 6.45) is -0.624. The summed E-state index contributed by atoms with van der Waals surface area (Å²) >= 11 is 6.24. The third kappa shape index (κ3) is 4.95. The first-order valence-corrected chi connectivity index (χ1v) is 9.09. The Labute approximate surface area is 154 Å². The van der Waals surface area contributed by atoms with Gasteiger partial charge in [0, 0.05) is 43.3 Å². The summed E-state index contributed by atoms with van der Waals surface area (Å²) in [5.74, 6) is 0.732. The molecule has 1 saturated heterocycles. The second kappa shape index (κ2) is 8.68. The molecule has 3 rings (SSSR count). The first kappa shape index (κ1) is 18.2. The molecule has 1 fully saturated rings. The van der Waals surface area contributed by atoms with Crippen LogP contribution >= 0.6 is 11.6 Å². The SMILES string of the molecule is Cc1cc(Cl)cc(C(O)CN2CCNCC2)c1OCc1ccccc1. The average Bonchev–Trinajstić information content (AvgIpc) is 2.62. The number of hydrogen-bond donors (Lipinski definition) is 2. The van der Waals surface area contributed by atoms with Gasteiger partial charge in [-0.25, -0.2) is 0 Å². The van der Waals surface area contributed by atoms with Crippen LogP contribution in [0.2, 0.25) is 5.02 Å². The second-order valence-corrected chi connectivity index (χ2v) is 6.92. The minimum atomic E-state index is -0.624. The summed E-state index contributed by atoms with van der Waals surface area (Å²) in [5.41, 5.74) is 2.80. The number of aryl methyl sites for hydroxylation is 1. The summed E-state index contributed by atoms with van der Waals surface area (Å²) in [6, 6.07) is 13.7. The average molecular weight is 361 g/mol. The van der Waals surface area contributed by atoms with Crippen LogP contribution in [-0.4, -0.2) is 42.7 Å². The number of ether oxygens (including phenoxy) is 1. The molecule has 0 saturated carbocycles. The number of nitrogens with zero attached hydrogens (tertiary/aromatic N) is 1. The van der Waals surface area contributed by atoms with Crippen LogP contribution in [0.5, 0.6) is 5.75 Å². The third-order valence-corrected chi connectivity index (χ3v) is 4.71. The highest BCUT2D eigenvalue weighted by Crippen LogP contribution is 2.33. The highest BCUT2D eigenvalue weighted by molar-refractivity contribution is 6.30. The lowest BCUT2D eigenvalue weighted by molar-refractivity contribution is 0.102. The Kier molecular flexibility index (Phi) is 6.32. The van der Waals surface area contributed by atoms with Crippen molar-refractivity contribution < 1.29 is 9.84 Å². The van der Waals surface area contributed by atoms with Gasteiger partial charge in [-0.05, 0) is 30.2 Å². The molecular weight excluding hydrogens is 336 g/mol. The fourth-order valence-electron chi connectivity index (χ4n) is 3.17. The lowest BCUT2D eigenvalue weighted by atomic mass is 10.0. The first-order chi connectivity index (χ1) is 12.1. The maximum absolute atomic E-state index is 10.8. The maximum Gasteiger partial charge on any atom is 0.128 e. The van der Waals surface area contributed by atoms with Gasteiger partial charge in [-0.1, -0.05) is 41.9 Å². The van der Waals surface area contributed by atoms with E-state index in [0.29, 0.717) is 18.2 Å². The van der Waals surface area contributed by atoms with Crippen LogP contribution in [0.1, 0.15) is 22.8 Å². The molecule has 5 heteroatoms. The number of aliphatic hydroxyl groups is 1. The Morgan fingerprint density at radius 3 is 2.64 bits per heavy atom. The van der Waals surface area contributed by atoms with E-state index in [1.165, 1.54) is 0 Å². The molecule has 25 heavy (non-hydrogen) atoms. The van der Waals surface area contributed by atoms with Gasteiger partial charge in [0.15, 0.2) is 0 Å². The molecule has 0 bridgehead atoms. The highest BCUT2D eigenvalue weighted by Gasteiger charge is 2.21. The van der Waals surface area contributed by atoms with Crippen LogP contribution in [0.15, 0.2) is 42.5 Å². The largest absolute Gasteiger partial charge is 0.488 e. The van der Waals surface area contributed by atoms with E-state index in [-0.39, 0.29) is 0 Å². The molecule has 1 unspecified atom stereocenters. The molecule has 4 nitrogen and oxygen atoms in total. The first-order valence-electron chi connectivity index (χ1n) is 8.71. The number of nitrogens with one attached hydrogen (secondary N) is 1. The molecule has 1 atom stereocenters. The normalized spacial score (nSPS) is 16.6. The van der Waals surface area contributed by atoms with Crippen LogP contribution in [0.3, 0.4) is 0 Å². The van der Waals surface area contributed by atoms with Crippen molar-refractivity contribution in [1.29, 1.82) is 0 Å². The number of halogens is 1. The van der Waals surface area contributed by atoms with Gasteiger partial charge < -0.3 is 15.2 Å². The van der Waals surface area contributed by atoms with E-state index in [1.807, 2.05) is 49.4 Å². The Hall–Kier alpha value is -1.59. The predicted octanol–water partition coefficient (Wildman–Crippen LogP) is 3.17. The van der Waals surface area contributed by atoms with Gasteiger partial charge in [0.2, 0.25) is 0 Å². The number of β-amino-alcohol motifs (C(OH)–C–C–N with tert-alkyl or cyclic N) is 1. The van der Waals surface area contributed by atoms with E-state index < -0.39 is 6.10 Å². The summed E-state index contributed by atoms with van der Waals surface area (Å²) < 4.78 is 6.07. The molecule has 2 aromatic carbocycles. The van der Waals surface area contributed by atoms with Gasteiger partial charge in [-0.15, -0.1) is 0 Å². The number of benzene rings is 2. The van der Waals surface area contributed by atoms with Crippen molar-refractivity contribution in [2.75, 3.05) is 32.7 Å². The minimum Gasteiger partial charge on any atom is -0.488 e. The smallest absolute Gasteiger partial charge is 0.128 e. The zero-order chi connectivity index (χ0) is 17.6. The van der Waals surface area contributed by atoms with Crippen molar-refractivity contribution in [3.8, 4) is 5.75 Å². The summed E-state index contributed by atoms with van der Waals surface area (Å²) in [7, 11) is 0. The zero-order valence-electron chi connectivity index (χ0n) is 14.5. The van der Waals surface area contributed by atoms with E-state index in [1.54, 1.807) is 0 Å². The molecule has 1 heterocycles. The molecule has 2 aromatic rings. The molecule has 2 N–H and O–H groups in total. The standard InChI is InChI=1S/C20H25ClN2O2/c1-15-11-17(21)12-18(19(24)13-23-9-7-22-8-10-23)20(15)25-14-16-5-3-2-4-6-16/h2-6,11-12,19,22,24H,7-10,13-14H2,1H3. The molecule has 0 aromatic heterocycles. The number of hydrogen-bond acceptors (Lipinski definition) is 4. The van der Waals surface area contributed by atoms with Crippen LogP contribution in [0.4, 0.5) is 0 Å². The molecule has 1 aliphatic rings. The molecule has 1 aliphatic heterocycles. The Morgan fingerprint density at radius 2 is 1.92 bits per heavy atom. The van der Waals surface area contributed by atoms with Crippen molar-refractivity contribution in [2.24, 2.45) is 0 Å². The number of piperazine rings is 1. The zero-order valence-corrected chi connectivity index (χ0v) is 15.3. The van der Waals surface area contributed by atoms with Crippen LogP contribution < -0.4 is 10.1 Å². The molecule has 0 amide bonds. The quantitative estimate of drug-likeness (QED) is 0.830. The Bertz CT molecular complexity index is 688. The van der Waals surface area contributed by atoms with Crippen molar-refractivity contribution in [3.63, 3.8) is 0 Å². The monoisotopic (exact) mass is 360 g/mol. The second-order valence-electron chi connectivity index (χ2n) is 6.48. The van der Waals surface area contributed by atoms with Gasteiger partial charge >= 0.3 is 0 Å². The summed E-state index contributed by atoms with van der Waals surface area (Å²) in [5, 5.41) is 14.7. The predicted molar refractivity (Wildman–Crippen MR) is 101 cm³/mol. The van der Waals surface area contributed by atoms with Crippen LogP contribution in [0.25, 0.3) is 0 Å². The van der Waals surface area contributed by atoms with Crippen molar-refractivity contribution in [1.82, 2.24) is 10.2 Å². The van der Waals surface area contributed by atoms with Gasteiger partial charge in [-0.3, -0.25) is 4.90 Å². The van der Waals surface area contributed by atoms with Crippen LogP contribution in [-0.2, 0) is 6.61 Å². The molecule has 0 radical (unpaired) electrons. The minimum absolute atomic E-state index is 0.469. The highest BCUT2D eigenvalue weighted by atomic mass is 35.5. The Balaban J connectivity index is 1.76. The topological polar surface area (TPSA) is 44.7 Å².